The Morgan fingerprint density at radius 3 is 2.80 bits per heavy atom. The van der Waals surface area contributed by atoms with E-state index in [1.165, 1.54) is 12.1 Å². The van der Waals surface area contributed by atoms with Gasteiger partial charge < -0.3 is 15.2 Å². The molecule has 1 heterocycles. The van der Waals surface area contributed by atoms with Crippen LogP contribution in [0, 0.1) is 5.82 Å². The third-order valence-electron chi connectivity index (χ3n) is 4.41. The largest absolute Gasteiger partial charge is 0.480 e. The highest BCUT2D eigenvalue weighted by Crippen LogP contribution is 2.29. The van der Waals surface area contributed by atoms with Crippen LogP contribution in [0.5, 0.6) is 5.75 Å². The van der Waals surface area contributed by atoms with E-state index in [0.29, 0.717) is 30.7 Å². The standard InChI is InChI=1S/C20H22FNO3/c1-13(23)9-16(14-5-3-2-4-6-14)12-22-20(24)19-11-15-10-17(21)7-8-18(15)25-19/h2-8,10,13,16,19,23H,9,11-12H2,1H3,(H,22,24). The Morgan fingerprint density at radius 1 is 1.32 bits per heavy atom. The van der Waals surface area contributed by atoms with Crippen LogP contribution in [0.15, 0.2) is 48.5 Å². The highest BCUT2D eigenvalue weighted by atomic mass is 19.1. The molecule has 0 spiro atoms. The first kappa shape index (κ1) is 17.4. The van der Waals surface area contributed by atoms with Gasteiger partial charge >= 0.3 is 0 Å². The lowest BCUT2D eigenvalue weighted by atomic mass is 9.93. The van der Waals surface area contributed by atoms with Crippen molar-refractivity contribution in [3.8, 4) is 5.75 Å². The first-order valence-electron chi connectivity index (χ1n) is 8.48. The molecular weight excluding hydrogens is 321 g/mol. The SMILES string of the molecule is CC(O)CC(CNC(=O)C1Cc2cc(F)ccc2O1)c1ccccc1. The van der Waals surface area contributed by atoms with E-state index in [9.17, 15) is 14.3 Å². The monoisotopic (exact) mass is 343 g/mol. The highest BCUT2D eigenvalue weighted by molar-refractivity contribution is 5.82. The first-order chi connectivity index (χ1) is 12.0. The van der Waals surface area contributed by atoms with Crippen LogP contribution in [0.2, 0.25) is 0 Å². The Labute approximate surface area is 146 Å². The summed E-state index contributed by atoms with van der Waals surface area (Å²) < 4.78 is 18.9. The molecule has 132 valence electrons. The molecular formula is C20H22FNO3. The van der Waals surface area contributed by atoms with E-state index in [1.807, 2.05) is 30.3 Å². The maximum atomic E-state index is 13.3. The number of carbonyl (C=O) groups excluding carboxylic acids is 1. The molecule has 1 aliphatic rings. The zero-order chi connectivity index (χ0) is 17.8. The van der Waals surface area contributed by atoms with Crippen LogP contribution in [0.4, 0.5) is 4.39 Å². The van der Waals surface area contributed by atoms with E-state index in [1.54, 1.807) is 13.0 Å². The fourth-order valence-electron chi connectivity index (χ4n) is 3.18. The maximum Gasteiger partial charge on any atom is 0.261 e. The zero-order valence-electron chi connectivity index (χ0n) is 14.1. The lowest BCUT2D eigenvalue weighted by Gasteiger charge is -2.20. The quantitative estimate of drug-likeness (QED) is 0.848. The average molecular weight is 343 g/mol. The van der Waals surface area contributed by atoms with E-state index < -0.39 is 12.2 Å². The lowest BCUT2D eigenvalue weighted by Crippen LogP contribution is -2.39. The Morgan fingerprint density at radius 2 is 2.08 bits per heavy atom. The molecule has 3 rings (SSSR count). The molecule has 3 atom stereocenters. The Bertz CT molecular complexity index is 733. The second-order valence-corrected chi connectivity index (χ2v) is 6.50. The number of amides is 1. The van der Waals surface area contributed by atoms with Gasteiger partial charge in [0.25, 0.3) is 5.91 Å². The Balaban J connectivity index is 1.61. The van der Waals surface area contributed by atoms with Crippen LogP contribution < -0.4 is 10.1 Å². The van der Waals surface area contributed by atoms with Gasteiger partial charge in [0, 0.05) is 24.4 Å². The van der Waals surface area contributed by atoms with E-state index in [0.717, 1.165) is 5.56 Å². The number of rotatable bonds is 6. The van der Waals surface area contributed by atoms with Gasteiger partial charge in [0.1, 0.15) is 11.6 Å². The van der Waals surface area contributed by atoms with Crippen LogP contribution in [-0.4, -0.2) is 29.8 Å². The first-order valence-corrected chi connectivity index (χ1v) is 8.48. The van der Waals surface area contributed by atoms with Crippen molar-refractivity contribution in [3.05, 3.63) is 65.5 Å². The molecule has 0 radical (unpaired) electrons. The minimum atomic E-state index is -0.639. The molecule has 0 bridgehead atoms. The van der Waals surface area contributed by atoms with E-state index in [2.05, 4.69) is 5.32 Å². The summed E-state index contributed by atoms with van der Waals surface area (Å²) in [7, 11) is 0. The van der Waals surface area contributed by atoms with Crippen LogP contribution in [0.1, 0.15) is 30.4 Å². The number of ether oxygens (including phenoxy) is 1. The highest BCUT2D eigenvalue weighted by Gasteiger charge is 2.29. The molecule has 2 aromatic rings. The number of hydrogen-bond donors (Lipinski definition) is 2. The number of fused-ring (bicyclic) bond motifs is 1. The van der Waals surface area contributed by atoms with Crippen molar-refractivity contribution in [2.24, 2.45) is 0 Å². The van der Waals surface area contributed by atoms with Gasteiger partial charge in [-0.3, -0.25) is 4.79 Å². The van der Waals surface area contributed by atoms with Gasteiger partial charge in [-0.1, -0.05) is 30.3 Å². The predicted octanol–water partition coefficient (Wildman–Crippen LogP) is 2.80. The summed E-state index contributed by atoms with van der Waals surface area (Å²) in [5, 5.41) is 12.6. The van der Waals surface area contributed by atoms with Crippen molar-refractivity contribution in [3.63, 3.8) is 0 Å². The number of benzene rings is 2. The molecule has 0 aromatic heterocycles. The van der Waals surface area contributed by atoms with Gasteiger partial charge in [-0.05, 0) is 37.1 Å². The molecule has 25 heavy (non-hydrogen) atoms. The molecule has 0 saturated carbocycles. The molecule has 3 unspecified atom stereocenters. The van der Waals surface area contributed by atoms with Crippen molar-refractivity contribution >= 4 is 5.91 Å². The number of hydrogen-bond acceptors (Lipinski definition) is 3. The number of carbonyl (C=O) groups is 1. The van der Waals surface area contributed by atoms with Gasteiger partial charge in [0.05, 0.1) is 6.10 Å². The number of aliphatic hydroxyl groups is 1. The Hall–Kier alpha value is -2.40. The predicted molar refractivity (Wildman–Crippen MR) is 93.0 cm³/mol. The van der Waals surface area contributed by atoms with Crippen molar-refractivity contribution in [2.75, 3.05) is 6.54 Å². The van der Waals surface area contributed by atoms with E-state index in [4.69, 9.17) is 4.74 Å². The lowest BCUT2D eigenvalue weighted by molar-refractivity contribution is -0.127. The van der Waals surface area contributed by atoms with Crippen LogP contribution in [-0.2, 0) is 11.2 Å². The maximum absolute atomic E-state index is 13.3. The Kier molecular flexibility index (Phi) is 5.34. The molecule has 0 saturated heterocycles. The van der Waals surface area contributed by atoms with Crippen molar-refractivity contribution in [2.45, 2.75) is 37.9 Å². The number of aliphatic hydroxyl groups excluding tert-OH is 1. The molecule has 2 N–H and O–H groups in total. The topological polar surface area (TPSA) is 58.6 Å². The summed E-state index contributed by atoms with van der Waals surface area (Å²) in [6.07, 6.45) is -0.177. The molecule has 4 nitrogen and oxygen atoms in total. The fraction of sp³-hybridized carbons (Fsp3) is 0.350. The van der Waals surface area contributed by atoms with Crippen LogP contribution >= 0.6 is 0 Å². The number of halogens is 1. The normalized spacial score (nSPS) is 18.1. The summed E-state index contributed by atoms with van der Waals surface area (Å²) in [5.74, 6) is 0.0316. The van der Waals surface area contributed by atoms with Crippen molar-refractivity contribution in [1.29, 1.82) is 0 Å². The van der Waals surface area contributed by atoms with Crippen molar-refractivity contribution < 1.29 is 19.0 Å². The molecule has 0 fully saturated rings. The minimum absolute atomic E-state index is 0.0198. The zero-order valence-corrected chi connectivity index (χ0v) is 14.1. The summed E-state index contributed by atoms with van der Waals surface area (Å²) >= 11 is 0. The van der Waals surface area contributed by atoms with Gasteiger partial charge in [-0.2, -0.15) is 0 Å². The molecule has 1 amide bonds. The molecule has 5 heteroatoms. The second kappa shape index (κ2) is 7.66. The fourth-order valence-corrected chi connectivity index (χ4v) is 3.18. The van der Waals surface area contributed by atoms with Gasteiger partial charge in [-0.25, -0.2) is 4.39 Å². The van der Waals surface area contributed by atoms with Crippen molar-refractivity contribution in [1.82, 2.24) is 5.32 Å². The average Bonchev–Trinajstić information content (AvgIpc) is 3.02. The third kappa shape index (κ3) is 4.37. The van der Waals surface area contributed by atoms with Gasteiger partial charge in [0.15, 0.2) is 6.10 Å². The van der Waals surface area contributed by atoms with E-state index in [-0.39, 0.29) is 17.6 Å². The molecule has 0 aliphatic carbocycles. The summed E-state index contributed by atoms with van der Waals surface area (Å²) in [5.41, 5.74) is 1.78. The van der Waals surface area contributed by atoms with Crippen LogP contribution in [0.25, 0.3) is 0 Å². The van der Waals surface area contributed by atoms with Crippen LogP contribution in [0.3, 0.4) is 0 Å². The molecule has 1 aliphatic heterocycles. The third-order valence-corrected chi connectivity index (χ3v) is 4.41. The molecule has 2 aromatic carbocycles. The number of nitrogens with one attached hydrogen (secondary N) is 1. The van der Waals surface area contributed by atoms with E-state index >= 15 is 0 Å². The summed E-state index contributed by atoms with van der Waals surface area (Å²) in [4.78, 5) is 12.4. The summed E-state index contributed by atoms with van der Waals surface area (Å²) in [6, 6.07) is 14.1. The second-order valence-electron chi connectivity index (χ2n) is 6.50. The van der Waals surface area contributed by atoms with Gasteiger partial charge in [-0.15, -0.1) is 0 Å². The minimum Gasteiger partial charge on any atom is -0.480 e. The van der Waals surface area contributed by atoms with Gasteiger partial charge in [0.2, 0.25) is 0 Å². The summed E-state index contributed by atoms with van der Waals surface area (Å²) in [6.45, 7) is 2.15. The smallest absolute Gasteiger partial charge is 0.261 e.